The van der Waals surface area contributed by atoms with E-state index in [1.54, 1.807) is 0 Å². The molecule has 0 N–H and O–H groups in total. The van der Waals surface area contributed by atoms with Crippen LogP contribution in [-0.4, -0.2) is 25.6 Å². The minimum absolute atomic E-state index is 0. The van der Waals surface area contributed by atoms with Gasteiger partial charge in [0.1, 0.15) is 0 Å². The van der Waals surface area contributed by atoms with Crippen LogP contribution < -0.4 is 9.80 Å². The van der Waals surface area contributed by atoms with Gasteiger partial charge in [-0.15, -0.1) is 12.4 Å². The van der Waals surface area contributed by atoms with E-state index in [1.807, 2.05) is 0 Å². The van der Waals surface area contributed by atoms with Crippen molar-refractivity contribution in [2.45, 2.75) is 45.4 Å². The number of benzene rings is 1. The zero-order valence-electron chi connectivity index (χ0n) is 12.9. The van der Waals surface area contributed by atoms with Crippen molar-refractivity contribution in [3.63, 3.8) is 0 Å². The number of para-hydroxylation sites is 2. The molecule has 4 heteroatoms. The maximum Gasteiger partial charge on any atom is 0.205 e. The van der Waals surface area contributed by atoms with Crippen LogP contribution >= 0.6 is 12.4 Å². The average Bonchev–Trinajstić information content (AvgIpc) is 2.82. The largest absolute Gasteiger partial charge is 0.310 e. The molecular weight excluding hydrogens is 282 g/mol. The Morgan fingerprint density at radius 3 is 2.62 bits per heavy atom. The molecule has 0 fully saturated rings. The molecule has 2 aliphatic rings. The van der Waals surface area contributed by atoms with Crippen molar-refractivity contribution < 1.29 is 0 Å². The van der Waals surface area contributed by atoms with Gasteiger partial charge in [0.05, 0.1) is 11.4 Å². The quantitative estimate of drug-likeness (QED) is 0.722. The van der Waals surface area contributed by atoms with Gasteiger partial charge in [0.15, 0.2) is 0 Å². The van der Waals surface area contributed by atoms with Gasteiger partial charge in [-0.25, -0.2) is 0 Å². The van der Waals surface area contributed by atoms with Crippen LogP contribution in [0.1, 0.15) is 45.4 Å². The van der Waals surface area contributed by atoms with Crippen LogP contribution in [0.3, 0.4) is 0 Å². The minimum atomic E-state index is 0. The number of halogens is 1. The Balaban J connectivity index is 0.00000161. The fourth-order valence-electron chi connectivity index (χ4n) is 3.17. The van der Waals surface area contributed by atoms with Crippen molar-refractivity contribution in [3.8, 4) is 0 Å². The molecule has 0 saturated carbocycles. The normalized spacial score (nSPS) is 16.1. The third-order valence-electron chi connectivity index (χ3n) is 4.22. The lowest BCUT2D eigenvalue weighted by Crippen LogP contribution is -2.42. The van der Waals surface area contributed by atoms with Crippen LogP contribution in [0.25, 0.3) is 0 Å². The van der Waals surface area contributed by atoms with E-state index in [9.17, 15) is 0 Å². The Kier molecular flexibility index (Phi) is 5.92. The van der Waals surface area contributed by atoms with Gasteiger partial charge >= 0.3 is 0 Å². The maximum atomic E-state index is 4.77. The van der Waals surface area contributed by atoms with Gasteiger partial charge < -0.3 is 9.80 Å². The van der Waals surface area contributed by atoms with E-state index < -0.39 is 0 Å². The van der Waals surface area contributed by atoms with Crippen LogP contribution in [0, 0.1) is 0 Å². The molecule has 2 heterocycles. The monoisotopic (exact) mass is 307 g/mol. The molecule has 0 unspecified atom stereocenters. The fourth-order valence-corrected chi connectivity index (χ4v) is 3.17. The molecule has 21 heavy (non-hydrogen) atoms. The van der Waals surface area contributed by atoms with Crippen LogP contribution in [0.15, 0.2) is 29.3 Å². The van der Waals surface area contributed by atoms with Crippen LogP contribution in [0.5, 0.6) is 0 Å². The summed E-state index contributed by atoms with van der Waals surface area (Å²) in [5.74, 6) is 1.19. The van der Waals surface area contributed by atoms with E-state index in [1.165, 1.54) is 55.9 Å². The number of hydrogen-bond acceptors (Lipinski definition) is 3. The van der Waals surface area contributed by atoms with Crippen molar-refractivity contribution >= 4 is 29.7 Å². The number of nitrogens with zero attached hydrogens (tertiary/aromatic N) is 3. The molecule has 0 aliphatic carbocycles. The molecular formula is C17H26ClN3. The molecule has 1 aromatic rings. The Labute approximate surface area is 134 Å². The highest BCUT2D eigenvalue weighted by Gasteiger charge is 2.33. The molecule has 0 spiro atoms. The summed E-state index contributed by atoms with van der Waals surface area (Å²) in [5.41, 5.74) is 2.70. The summed E-state index contributed by atoms with van der Waals surface area (Å²) in [6.07, 6.45) is 7.81. The van der Waals surface area contributed by atoms with Crippen molar-refractivity contribution in [2.24, 2.45) is 4.99 Å². The fraction of sp³-hybridized carbons (Fsp3) is 0.588. The summed E-state index contributed by atoms with van der Waals surface area (Å²) >= 11 is 0. The molecule has 2 aliphatic heterocycles. The van der Waals surface area contributed by atoms with Crippen molar-refractivity contribution in [1.29, 1.82) is 0 Å². The molecule has 0 aromatic heterocycles. The van der Waals surface area contributed by atoms with Gasteiger partial charge in [0.25, 0.3) is 0 Å². The summed E-state index contributed by atoms with van der Waals surface area (Å²) < 4.78 is 0. The molecule has 0 amide bonds. The zero-order chi connectivity index (χ0) is 13.8. The van der Waals surface area contributed by atoms with Gasteiger partial charge in [-0.05, 0) is 25.0 Å². The molecule has 3 nitrogen and oxygen atoms in total. The molecule has 0 saturated heterocycles. The van der Waals surface area contributed by atoms with Gasteiger partial charge in [0, 0.05) is 19.6 Å². The first-order valence-electron chi connectivity index (χ1n) is 8.10. The summed E-state index contributed by atoms with van der Waals surface area (Å²) in [7, 11) is 0. The molecule has 3 rings (SSSR count). The van der Waals surface area contributed by atoms with Gasteiger partial charge in [-0.1, -0.05) is 44.7 Å². The lowest BCUT2D eigenvalue weighted by Gasteiger charge is -2.26. The highest BCUT2D eigenvalue weighted by molar-refractivity contribution is 6.16. The third-order valence-corrected chi connectivity index (χ3v) is 4.22. The number of guanidine groups is 1. The maximum absolute atomic E-state index is 4.77. The average molecular weight is 308 g/mol. The van der Waals surface area contributed by atoms with E-state index in [-0.39, 0.29) is 12.4 Å². The second-order valence-corrected chi connectivity index (χ2v) is 5.74. The first-order valence-corrected chi connectivity index (χ1v) is 8.10. The van der Waals surface area contributed by atoms with E-state index in [2.05, 4.69) is 41.0 Å². The predicted octanol–water partition coefficient (Wildman–Crippen LogP) is 4.46. The van der Waals surface area contributed by atoms with Crippen LogP contribution in [-0.2, 0) is 0 Å². The molecule has 0 bridgehead atoms. The second kappa shape index (κ2) is 7.69. The Morgan fingerprint density at radius 1 is 1.05 bits per heavy atom. The number of fused-ring (bicyclic) bond motifs is 3. The van der Waals surface area contributed by atoms with E-state index in [4.69, 9.17) is 4.99 Å². The molecule has 0 radical (unpaired) electrons. The van der Waals surface area contributed by atoms with Gasteiger partial charge in [0.2, 0.25) is 5.96 Å². The second-order valence-electron chi connectivity index (χ2n) is 5.74. The Morgan fingerprint density at radius 2 is 1.81 bits per heavy atom. The smallest absolute Gasteiger partial charge is 0.205 e. The molecule has 1 aromatic carbocycles. The molecule has 0 atom stereocenters. The molecule has 116 valence electrons. The van der Waals surface area contributed by atoms with E-state index in [0.29, 0.717) is 0 Å². The van der Waals surface area contributed by atoms with Gasteiger partial charge in [-0.2, -0.15) is 0 Å². The van der Waals surface area contributed by atoms with Gasteiger partial charge in [-0.3, -0.25) is 4.99 Å². The van der Waals surface area contributed by atoms with Crippen molar-refractivity contribution in [3.05, 3.63) is 24.3 Å². The standard InChI is InChI=1S/C17H25N3.ClH/c1-2-3-4-5-8-13-19-15-10-6-7-11-16(15)20-14-9-12-18-17(19)20;/h6-7,10-11H,2-5,8-9,12-14H2,1H3;1H. The Bertz CT molecular complexity index is 487. The summed E-state index contributed by atoms with van der Waals surface area (Å²) in [5, 5.41) is 0. The lowest BCUT2D eigenvalue weighted by atomic mass is 10.1. The van der Waals surface area contributed by atoms with E-state index >= 15 is 0 Å². The SMILES string of the molecule is CCCCCCCN1C2=NCCCN2c2ccccc21.Cl. The predicted molar refractivity (Wildman–Crippen MR) is 94.1 cm³/mol. The Hall–Kier alpha value is -1.22. The number of unbranched alkanes of at least 4 members (excludes halogenated alkanes) is 4. The zero-order valence-corrected chi connectivity index (χ0v) is 13.7. The minimum Gasteiger partial charge on any atom is -0.310 e. The third kappa shape index (κ3) is 3.34. The summed E-state index contributed by atoms with van der Waals surface area (Å²) in [6.45, 7) is 5.47. The summed E-state index contributed by atoms with van der Waals surface area (Å²) in [4.78, 5) is 9.60. The highest BCUT2D eigenvalue weighted by atomic mass is 35.5. The lowest BCUT2D eigenvalue weighted by molar-refractivity contribution is 0.635. The highest BCUT2D eigenvalue weighted by Crippen LogP contribution is 2.38. The summed E-state index contributed by atoms with van der Waals surface area (Å²) in [6, 6.07) is 8.74. The first kappa shape index (κ1) is 16.2. The van der Waals surface area contributed by atoms with E-state index in [0.717, 1.165) is 19.6 Å². The van der Waals surface area contributed by atoms with Crippen LogP contribution in [0.4, 0.5) is 11.4 Å². The van der Waals surface area contributed by atoms with Crippen molar-refractivity contribution in [1.82, 2.24) is 0 Å². The first-order chi connectivity index (χ1) is 9.92. The number of aliphatic imine (C=N–C) groups is 1. The number of anilines is 2. The number of hydrogen-bond donors (Lipinski definition) is 0. The topological polar surface area (TPSA) is 18.8 Å². The van der Waals surface area contributed by atoms with Crippen molar-refractivity contribution in [2.75, 3.05) is 29.4 Å². The van der Waals surface area contributed by atoms with Crippen LogP contribution in [0.2, 0.25) is 0 Å². The number of rotatable bonds is 6.